The highest BCUT2D eigenvalue weighted by atomic mass is 35.5. The van der Waals surface area contributed by atoms with Crippen molar-refractivity contribution in [3.05, 3.63) is 40.2 Å². The number of ketones is 1. The Morgan fingerprint density at radius 1 is 1.32 bits per heavy atom. The highest BCUT2D eigenvalue weighted by Gasteiger charge is 2.18. The van der Waals surface area contributed by atoms with E-state index >= 15 is 0 Å². The van der Waals surface area contributed by atoms with E-state index in [1.165, 1.54) is 11.3 Å². The molecule has 0 saturated carbocycles. The van der Waals surface area contributed by atoms with E-state index in [-0.39, 0.29) is 12.1 Å². The number of halogens is 1. The van der Waals surface area contributed by atoms with Gasteiger partial charge in [0.15, 0.2) is 12.1 Å². The molecule has 0 spiro atoms. The molecule has 116 valence electrons. The van der Waals surface area contributed by atoms with Gasteiger partial charge in [-0.1, -0.05) is 11.6 Å². The van der Waals surface area contributed by atoms with Gasteiger partial charge in [0, 0.05) is 21.9 Å². The van der Waals surface area contributed by atoms with Crippen LogP contribution in [0.4, 0.5) is 0 Å². The summed E-state index contributed by atoms with van der Waals surface area (Å²) in [6.07, 6.45) is 2.88. The summed E-state index contributed by atoms with van der Waals surface area (Å²) >= 11 is 7.58. The van der Waals surface area contributed by atoms with Crippen LogP contribution in [0.3, 0.4) is 0 Å². The molecule has 1 saturated heterocycles. The molecule has 2 aromatic rings. The quantitative estimate of drug-likeness (QED) is 0.722. The van der Waals surface area contributed by atoms with Crippen LogP contribution in [0.15, 0.2) is 30.3 Å². The van der Waals surface area contributed by atoms with Gasteiger partial charge in [0.2, 0.25) is 0 Å². The molecule has 0 radical (unpaired) electrons. The van der Waals surface area contributed by atoms with Crippen LogP contribution in [-0.2, 0) is 4.74 Å². The molecular formula is C17H17ClO3S. The average Bonchev–Trinajstić information content (AvgIpc) is 3.00. The number of benzene rings is 1. The zero-order valence-electron chi connectivity index (χ0n) is 12.3. The third-order valence-corrected chi connectivity index (χ3v) is 5.01. The number of hydrogen-bond donors (Lipinski definition) is 0. The second-order valence-electron chi connectivity index (χ2n) is 5.27. The first kappa shape index (κ1) is 15.5. The summed E-state index contributed by atoms with van der Waals surface area (Å²) in [5.41, 5.74) is 0.902. The molecule has 22 heavy (non-hydrogen) atoms. The Labute approximate surface area is 138 Å². The van der Waals surface area contributed by atoms with Gasteiger partial charge in [0.05, 0.1) is 11.5 Å². The summed E-state index contributed by atoms with van der Waals surface area (Å²) in [6, 6.07) is 9.31. The number of carbonyl (C=O) groups is 1. The lowest BCUT2D eigenvalue weighted by Crippen LogP contribution is -2.25. The topological polar surface area (TPSA) is 35.5 Å². The number of hydrogen-bond acceptors (Lipinski definition) is 4. The molecule has 1 aliphatic rings. The molecule has 1 aromatic carbocycles. The Morgan fingerprint density at radius 3 is 2.86 bits per heavy atom. The number of carbonyl (C=O) groups excluding carboxylic acids is 1. The lowest BCUT2D eigenvalue weighted by molar-refractivity contribution is -0.105. The zero-order valence-corrected chi connectivity index (χ0v) is 13.9. The van der Waals surface area contributed by atoms with E-state index in [1.807, 2.05) is 30.3 Å². The second kappa shape index (κ2) is 6.82. The van der Waals surface area contributed by atoms with E-state index in [2.05, 4.69) is 0 Å². The van der Waals surface area contributed by atoms with Crippen molar-refractivity contribution in [3.63, 3.8) is 0 Å². The van der Waals surface area contributed by atoms with Gasteiger partial charge < -0.3 is 9.47 Å². The lowest BCUT2D eigenvalue weighted by atomic mass is 10.1. The maximum atomic E-state index is 11.5. The van der Waals surface area contributed by atoms with Crippen LogP contribution in [-0.4, -0.2) is 18.7 Å². The first-order chi connectivity index (χ1) is 10.6. The Morgan fingerprint density at radius 2 is 2.18 bits per heavy atom. The van der Waals surface area contributed by atoms with Gasteiger partial charge in [-0.3, -0.25) is 4.79 Å². The van der Waals surface area contributed by atoms with Crippen molar-refractivity contribution in [2.24, 2.45) is 0 Å². The molecule has 1 atom stereocenters. The second-order valence-corrected chi connectivity index (χ2v) is 6.79. The highest BCUT2D eigenvalue weighted by Crippen LogP contribution is 2.38. The molecule has 1 fully saturated rings. The minimum Gasteiger partial charge on any atom is -0.464 e. The van der Waals surface area contributed by atoms with Crippen LogP contribution in [0.25, 0.3) is 10.4 Å². The molecule has 0 amide bonds. The third-order valence-electron chi connectivity index (χ3n) is 3.56. The zero-order chi connectivity index (χ0) is 15.5. The Bertz CT molecular complexity index is 674. The largest absolute Gasteiger partial charge is 0.464 e. The summed E-state index contributed by atoms with van der Waals surface area (Å²) in [5, 5.41) is 0.643. The van der Waals surface area contributed by atoms with Crippen molar-refractivity contribution in [2.75, 3.05) is 6.61 Å². The predicted molar refractivity (Wildman–Crippen MR) is 89.0 cm³/mol. The van der Waals surface area contributed by atoms with Crippen molar-refractivity contribution >= 4 is 28.7 Å². The minimum atomic E-state index is -0.207. The molecule has 0 aliphatic carbocycles. The van der Waals surface area contributed by atoms with Crippen LogP contribution in [0.1, 0.15) is 35.9 Å². The summed E-state index contributed by atoms with van der Waals surface area (Å²) in [7, 11) is 0. The smallest absolute Gasteiger partial charge is 0.199 e. The highest BCUT2D eigenvalue weighted by molar-refractivity contribution is 7.17. The van der Waals surface area contributed by atoms with E-state index in [0.717, 1.165) is 46.9 Å². The maximum Gasteiger partial charge on any atom is 0.199 e. The average molecular weight is 337 g/mol. The van der Waals surface area contributed by atoms with E-state index in [9.17, 15) is 4.79 Å². The maximum absolute atomic E-state index is 11.5. The van der Waals surface area contributed by atoms with Crippen molar-refractivity contribution < 1.29 is 14.3 Å². The van der Waals surface area contributed by atoms with E-state index < -0.39 is 0 Å². The van der Waals surface area contributed by atoms with Crippen LogP contribution >= 0.6 is 22.9 Å². The Balaban J connectivity index is 1.90. The minimum absolute atomic E-state index is 0.0661. The van der Waals surface area contributed by atoms with Crippen molar-refractivity contribution in [1.82, 2.24) is 0 Å². The molecule has 1 aromatic heterocycles. The lowest BCUT2D eigenvalue weighted by Gasteiger charge is -2.24. The predicted octanol–water partition coefficient (Wildman–Crippen LogP) is 5.18. The molecule has 3 nitrogen and oxygen atoms in total. The summed E-state index contributed by atoms with van der Waals surface area (Å²) in [5.74, 6) is 0.810. The summed E-state index contributed by atoms with van der Waals surface area (Å²) < 4.78 is 11.6. The van der Waals surface area contributed by atoms with E-state index in [1.54, 1.807) is 6.92 Å². The van der Waals surface area contributed by atoms with Gasteiger partial charge >= 0.3 is 0 Å². The van der Waals surface area contributed by atoms with Crippen LogP contribution < -0.4 is 4.74 Å². The number of ether oxygens (including phenoxy) is 2. The van der Waals surface area contributed by atoms with Gasteiger partial charge in [-0.05, 0) is 50.1 Å². The fourth-order valence-corrected chi connectivity index (χ4v) is 3.51. The molecule has 5 heteroatoms. The van der Waals surface area contributed by atoms with Gasteiger partial charge in [-0.2, -0.15) is 0 Å². The number of Topliss-reactive ketones (excluding diaryl/α,β-unsaturated/α-hetero) is 1. The van der Waals surface area contributed by atoms with Crippen molar-refractivity contribution in [3.8, 4) is 16.2 Å². The van der Waals surface area contributed by atoms with Gasteiger partial charge in [0.25, 0.3) is 0 Å². The van der Waals surface area contributed by atoms with Gasteiger partial charge in [-0.25, -0.2) is 0 Å². The monoisotopic (exact) mass is 336 g/mol. The molecule has 2 heterocycles. The normalized spacial score (nSPS) is 18.2. The SMILES string of the molecule is CC(=O)c1ccc(-c2cc(Cl)ccc2OC2CCCCO2)s1. The Kier molecular flexibility index (Phi) is 4.81. The van der Waals surface area contributed by atoms with Crippen molar-refractivity contribution in [1.29, 1.82) is 0 Å². The van der Waals surface area contributed by atoms with Crippen LogP contribution in [0.5, 0.6) is 5.75 Å². The van der Waals surface area contributed by atoms with Crippen LogP contribution in [0.2, 0.25) is 5.02 Å². The number of rotatable bonds is 4. The van der Waals surface area contributed by atoms with E-state index in [4.69, 9.17) is 21.1 Å². The fourth-order valence-electron chi connectivity index (χ4n) is 2.42. The molecular weight excluding hydrogens is 320 g/mol. The first-order valence-electron chi connectivity index (χ1n) is 7.32. The fraction of sp³-hybridized carbons (Fsp3) is 0.353. The molecule has 0 N–H and O–H groups in total. The van der Waals surface area contributed by atoms with Crippen molar-refractivity contribution in [2.45, 2.75) is 32.5 Å². The molecule has 3 rings (SSSR count). The van der Waals surface area contributed by atoms with E-state index in [0.29, 0.717) is 5.02 Å². The third kappa shape index (κ3) is 3.51. The van der Waals surface area contributed by atoms with Crippen LogP contribution in [0, 0.1) is 0 Å². The number of thiophene rings is 1. The first-order valence-corrected chi connectivity index (χ1v) is 8.52. The summed E-state index contributed by atoms with van der Waals surface area (Å²) in [6.45, 7) is 2.31. The molecule has 1 aliphatic heterocycles. The van der Waals surface area contributed by atoms with Gasteiger partial charge in [-0.15, -0.1) is 11.3 Å². The molecule has 1 unspecified atom stereocenters. The standard InChI is InChI=1S/C17H17ClO3S/c1-11(19)15-7-8-16(22-15)13-10-12(18)5-6-14(13)21-17-4-2-3-9-20-17/h5-8,10,17H,2-4,9H2,1H3. The summed E-state index contributed by atoms with van der Waals surface area (Å²) in [4.78, 5) is 13.2. The Hall–Kier alpha value is -1.36. The molecule has 0 bridgehead atoms. The van der Waals surface area contributed by atoms with Gasteiger partial charge in [0.1, 0.15) is 5.75 Å².